The number of rotatable bonds is 4. The number of hydrogen-bond donors (Lipinski definition) is 2. The molecule has 0 aliphatic heterocycles. The van der Waals surface area contributed by atoms with E-state index in [1.54, 1.807) is 24.4 Å². The van der Waals surface area contributed by atoms with Gasteiger partial charge < -0.3 is 5.32 Å². The van der Waals surface area contributed by atoms with Crippen molar-refractivity contribution in [1.29, 1.82) is 0 Å². The van der Waals surface area contributed by atoms with Crippen molar-refractivity contribution in [3.8, 4) is 11.3 Å². The first-order chi connectivity index (χ1) is 8.65. The molecular formula is C12H12N4O2. The Morgan fingerprint density at radius 1 is 1.39 bits per heavy atom. The molecule has 0 bridgehead atoms. The molecule has 0 radical (unpaired) electrons. The van der Waals surface area contributed by atoms with Crippen molar-refractivity contribution >= 4 is 17.4 Å². The van der Waals surface area contributed by atoms with Crippen LogP contribution in [0.2, 0.25) is 0 Å². The van der Waals surface area contributed by atoms with Crippen LogP contribution in [0.1, 0.15) is 13.3 Å². The van der Waals surface area contributed by atoms with Gasteiger partial charge in [-0.3, -0.25) is 9.59 Å². The van der Waals surface area contributed by atoms with Crippen LogP contribution in [0, 0.1) is 0 Å². The quantitative estimate of drug-likeness (QED) is 0.795. The Morgan fingerprint density at radius 2 is 2.22 bits per heavy atom. The number of anilines is 1. The summed E-state index contributed by atoms with van der Waals surface area (Å²) in [7, 11) is 0. The number of amides is 1. The van der Waals surface area contributed by atoms with Crippen molar-refractivity contribution in [2.75, 3.05) is 5.32 Å². The topological polar surface area (TPSA) is 87.7 Å². The minimum atomic E-state index is -0.320. The number of benzene rings is 1. The fraction of sp³-hybridized carbons (Fsp3) is 0.167. The molecule has 6 heteroatoms. The van der Waals surface area contributed by atoms with Crippen LogP contribution in [0.4, 0.5) is 5.69 Å². The number of H-pyrrole nitrogens is 1. The highest BCUT2D eigenvalue weighted by atomic mass is 16.2. The van der Waals surface area contributed by atoms with Crippen LogP contribution in [-0.2, 0) is 9.59 Å². The van der Waals surface area contributed by atoms with E-state index in [0.717, 1.165) is 5.56 Å². The first kappa shape index (κ1) is 12.0. The molecule has 0 saturated carbocycles. The molecule has 0 atom stereocenters. The molecule has 2 N–H and O–H groups in total. The van der Waals surface area contributed by atoms with Crippen LogP contribution in [0.3, 0.4) is 0 Å². The minimum absolute atomic E-state index is 0.117. The van der Waals surface area contributed by atoms with E-state index < -0.39 is 0 Å². The molecule has 0 aliphatic rings. The summed E-state index contributed by atoms with van der Waals surface area (Å²) in [5.74, 6) is -0.486. The lowest BCUT2D eigenvalue weighted by Crippen LogP contribution is -2.14. The predicted octanol–water partition coefficient (Wildman–Crippen LogP) is 1.39. The lowest BCUT2D eigenvalue weighted by atomic mass is 10.1. The summed E-state index contributed by atoms with van der Waals surface area (Å²) in [4.78, 5) is 22.3. The maximum Gasteiger partial charge on any atom is 0.231 e. The van der Waals surface area contributed by atoms with Gasteiger partial charge in [-0.25, -0.2) is 0 Å². The van der Waals surface area contributed by atoms with Gasteiger partial charge in [-0.2, -0.15) is 15.4 Å². The fourth-order valence-corrected chi connectivity index (χ4v) is 1.53. The van der Waals surface area contributed by atoms with Crippen molar-refractivity contribution in [2.24, 2.45) is 0 Å². The first-order valence-corrected chi connectivity index (χ1v) is 5.40. The second-order valence-electron chi connectivity index (χ2n) is 3.86. The SMILES string of the molecule is CC(=O)CC(=O)Nc1cccc(-c2cn[nH]n2)c1. The van der Waals surface area contributed by atoms with Crippen molar-refractivity contribution in [1.82, 2.24) is 15.4 Å². The van der Waals surface area contributed by atoms with Gasteiger partial charge in [0.25, 0.3) is 0 Å². The summed E-state index contributed by atoms with van der Waals surface area (Å²) < 4.78 is 0. The number of hydrogen-bond acceptors (Lipinski definition) is 4. The van der Waals surface area contributed by atoms with Gasteiger partial charge in [0.15, 0.2) is 0 Å². The molecule has 18 heavy (non-hydrogen) atoms. The number of nitrogens with one attached hydrogen (secondary N) is 2. The summed E-state index contributed by atoms with van der Waals surface area (Å²) in [6.07, 6.45) is 1.48. The zero-order chi connectivity index (χ0) is 13.0. The molecule has 6 nitrogen and oxygen atoms in total. The maximum absolute atomic E-state index is 11.5. The average molecular weight is 244 g/mol. The standard InChI is InChI=1S/C12H12N4O2/c1-8(17)5-12(18)14-10-4-2-3-9(6-10)11-7-13-16-15-11/h2-4,6-7H,5H2,1H3,(H,14,18)(H,13,15,16). The number of carbonyl (C=O) groups excluding carboxylic acids is 2. The van der Waals surface area contributed by atoms with E-state index in [-0.39, 0.29) is 18.1 Å². The molecule has 1 aromatic heterocycles. The van der Waals surface area contributed by atoms with Crippen LogP contribution in [0.15, 0.2) is 30.5 Å². The molecule has 0 fully saturated rings. The maximum atomic E-state index is 11.5. The number of ketones is 1. The van der Waals surface area contributed by atoms with Gasteiger partial charge in [0.2, 0.25) is 5.91 Å². The highest BCUT2D eigenvalue weighted by Crippen LogP contribution is 2.19. The third kappa shape index (κ3) is 3.00. The van der Waals surface area contributed by atoms with Crippen molar-refractivity contribution in [3.05, 3.63) is 30.5 Å². The number of carbonyl (C=O) groups is 2. The van der Waals surface area contributed by atoms with E-state index in [1.165, 1.54) is 6.92 Å². The largest absolute Gasteiger partial charge is 0.326 e. The lowest BCUT2D eigenvalue weighted by Gasteiger charge is -2.05. The smallest absolute Gasteiger partial charge is 0.231 e. The molecule has 0 spiro atoms. The van der Waals surface area contributed by atoms with Crippen LogP contribution < -0.4 is 5.32 Å². The van der Waals surface area contributed by atoms with E-state index >= 15 is 0 Å². The Kier molecular flexibility index (Phi) is 3.47. The van der Waals surface area contributed by atoms with Gasteiger partial charge in [0, 0.05) is 11.3 Å². The van der Waals surface area contributed by atoms with Crippen LogP contribution in [0.5, 0.6) is 0 Å². The number of Topliss-reactive ketones (excluding diaryl/α,β-unsaturated/α-hetero) is 1. The van der Waals surface area contributed by atoms with Crippen LogP contribution in [0.25, 0.3) is 11.3 Å². The van der Waals surface area contributed by atoms with E-state index in [0.29, 0.717) is 11.4 Å². The Morgan fingerprint density at radius 3 is 2.89 bits per heavy atom. The molecule has 0 aliphatic carbocycles. The Hall–Kier alpha value is -2.50. The van der Waals surface area contributed by atoms with Crippen LogP contribution in [-0.4, -0.2) is 27.1 Å². The summed E-state index contributed by atoms with van der Waals surface area (Å²) >= 11 is 0. The Bertz CT molecular complexity index is 563. The van der Waals surface area contributed by atoms with Crippen molar-refractivity contribution < 1.29 is 9.59 Å². The fourth-order valence-electron chi connectivity index (χ4n) is 1.53. The Labute approximate surface area is 103 Å². The molecule has 2 rings (SSSR count). The normalized spacial score (nSPS) is 10.1. The second-order valence-corrected chi connectivity index (χ2v) is 3.86. The molecule has 2 aromatic rings. The van der Waals surface area contributed by atoms with Crippen molar-refractivity contribution in [3.63, 3.8) is 0 Å². The van der Waals surface area contributed by atoms with Gasteiger partial charge in [-0.1, -0.05) is 12.1 Å². The van der Waals surface area contributed by atoms with Gasteiger partial charge in [-0.15, -0.1) is 0 Å². The summed E-state index contributed by atoms with van der Waals surface area (Å²) in [5.41, 5.74) is 2.16. The van der Waals surface area contributed by atoms with E-state index in [2.05, 4.69) is 20.7 Å². The van der Waals surface area contributed by atoms with Gasteiger partial charge in [-0.05, 0) is 19.1 Å². The predicted molar refractivity (Wildman–Crippen MR) is 65.7 cm³/mol. The molecule has 1 amide bonds. The van der Waals surface area contributed by atoms with Gasteiger partial charge in [0.1, 0.15) is 11.5 Å². The third-order valence-electron chi connectivity index (χ3n) is 2.27. The number of nitrogens with zero attached hydrogens (tertiary/aromatic N) is 2. The summed E-state index contributed by atoms with van der Waals surface area (Å²) in [6, 6.07) is 7.18. The number of aromatic amines is 1. The van der Waals surface area contributed by atoms with E-state index in [9.17, 15) is 9.59 Å². The zero-order valence-electron chi connectivity index (χ0n) is 9.80. The van der Waals surface area contributed by atoms with Crippen molar-refractivity contribution in [2.45, 2.75) is 13.3 Å². The highest BCUT2D eigenvalue weighted by molar-refractivity contribution is 6.03. The number of aromatic nitrogens is 3. The first-order valence-electron chi connectivity index (χ1n) is 5.40. The third-order valence-corrected chi connectivity index (χ3v) is 2.27. The molecule has 1 aromatic carbocycles. The molecule has 0 unspecified atom stereocenters. The minimum Gasteiger partial charge on any atom is -0.326 e. The average Bonchev–Trinajstić information content (AvgIpc) is 2.81. The van der Waals surface area contributed by atoms with Gasteiger partial charge in [0.05, 0.1) is 12.6 Å². The summed E-state index contributed by atoms with van der Waals surface area (Å²) in [6.45, 7) is 1.38. The Balaban J connectivity index is 2.13. The molecule has 92 valence electrons. The van der Waals surface area contributed by atoms with Crippen LogP contribution >= 0.6 is 0 Å². The zero-order valence-corrected chi connectivity index (χ0v) is 9.80. The monoisotopic (exact) mass is 244 g/mol. The van der Waals surface area contributed by atoms with Gasteiger partial charge >= 0.3 is 0 Å². The molecule has 1 heterocycles. The lowest BCUT2D eigenvalue weighted by molar-refractivity contribution is -0.124. The second kappa shape index (κ2) is 5.22. The summed E-state index contributed by atoms with van der Waals surface area (Å²) in [5, 5.41) is 12.9. The van der Waals surface area contributed by atoms with E-state index in [4.69, 9.17) is 0 Å². The van der Waals surface area contributed by atoms with E-state index in [1.807, 2.05) is 6.07 Å². The highest BCUT2D eigenvalue weighted by Gasteiger charge is 2.07. The molecule has 0 saturated heterocycles. The molecular weight excluding hydrogens is 232 g/mol.